The van der Waals surface area contributed by atoms with Crippen LogP contribution in [0.15, 0.2) is 23.0 Å². The van der Waals surface area contributed by atoms with E-state index in [1.165, 1.54) is 11.2 Å². The van der Waals surface area contributed by atoms with Crippen LogP contribution in [-0.4, -0.2) is 35.6 Å². The first-order valence-corrected chi connectivity index (χ1v) is 5.56. The fourth-order valence-electron chi connectivity index (χ4n) is 1.24. The van der Waals surface area contributed by atoms with Crippen LogP contribution in [-0.2, 0) is 11.3 Å². The number of rotatable bonds is 5. The third-order valence-corrected chi connectivity index (χ3v) is 2.61. The molecule has 0 fully saturated rings. The largest absolute Gasteiger partial charge is 0.481 e. The minimum atomic E-state index is -0.980. The zero-order valence-corrected chi connectivity index (χ0v) is 10.8. The standard InChI is InChI=1S/C12H18N2O4/c1-12(2,10(15)16)8-13-11(17)14(3)6-9-4-5-18-7-9/h4-5,7H,6,8H2,1-3H3,(H,13,17)(H,15,16). The fourth-order valence-corrected chi connectivity index (χ4v) is 1.24. The summed E-state index contributed by atoms with van der Waals surface area (Å²) in [5.74, 6) is -0.944. The Morgan fingerprint density at radius 3 is 2.67 bits per heavy atom. The Hall–Kier alpha value is -1.98. The Bertz CT molecular complexity index is 412. The van der Waals surface area contributed by atoms with E-state index in [2.05, 4.69) is 5.32 Å². The summed E-state index contributed by atoms with van der Waals surface area (Å²) >= 11 is 0. The molecule has 0 aliphatic rings. The van der Waals surface area contributed by atoms with Gasteiger partial charge in [-0.1, -0.05) is 0 Å². The van der Waals surface area contributed by atoms with Crippen LogP contribution in [0.5, 0.6) is 0 Å². The maximum Gasteiger partial charge on any atom is 0.317 e. The number of nitrogens with one attached hydrogen (secondary N) is 1. The number of carbonyl (C=O) groups excluding carboxylic acids is 1. The first kappa shape index (κ1) is 14.1. The number of aliphatic carboxylic acids is 1. The molecule has 2 N–H and O–H groups in total. The van der Waals surface area contributed by atoms with Crippen molar-refractivity contribution in [3.63, 3.8) is 0 Å². The molecule has 0 bridgehead atoms. The molecule has 2 amide bonds. The minimum Gasteiger partial charge on any atom is -0.481 e. The number of hydrogen-bond acceptors (Lipinski definition) is 3. The molecule has 1 rings (SSSR count). The molecule has 100 valence electrons. The van der Waals surface area contributed by atoms with Gasteiger partial charge in [-0.2, -0.15) is 0 Å². The van der Waals surface area contributed by atoms with Gasteiger partial charge in [-0.05, 0) is 19.9 Å². The molecule has 0 spiro atoms. The molecule has 0 unspecified atom stereocenters. The third-order valence-electron chi connectivity index (χ3n) is 2.61. The highest BCUT2D eigenvalue weighted by atomic mass is 16.4. The molecule has 0 aliphatic heterocycles. The second-order valence-corrected chi connectivity index (χ2v) is 4.84. The van der Waals surface area contributed by atoms with Gasteiger partial charge in [0.05, 0.1) is 24.5 Å². The second-order valence-electron chi connectivity index (χ2n) is 4.84. The summed E-state index contributed by atoms with van der Waals surface area (Å²) in [4.78, 5) is 24.1. The number of carbonyl (C=O) groups is 2. The maximum atomic E-state index is 11.7. The zero-order valence-electron chi connectivity index (χ0n) is 10.8. The predicted molar refractivity (Wildman–Crippen MR) is 65.0 cm³/mol. The van der Waals surface area contributed by atoms with Gasteiger partial charge in [0, 0.05) is 19.2 Å². The highest BCUT2D eigenvalue weighted by molar-refractivity contribution is 5.77. The van der Waals surface area contributed by atoms with E-state index in [9.17, 15) is 9.59 Å². The van der Waals surface area contributed by atoms with E-state index in [1.54, 1.807) is 33.2 Å². The number of carboxylic acids is 1. The van der Waals surface area contributed by atoms with Gasteiger partial charge in [-0.25, -0.2) is 4.79 Å². The lowest BCUT2D eigenvalue weighted by atomic mass is 9.94. The van der Waals surface area contributed by atoms with E-state index in [4.69, 9.17) is 9.52 Å². The van der Waals surface area contributed by atoms with E-state index < -0.39 is 11.4 Å². The second kappa shape index (κ2) is 5.57. The van der Waals surface area contributed by atoms with E-state index in [1.807, 2.05) is 0 Å². The van der Waals surface area contributed by atoms with Crippen molar-refractivity contribution in [2.75, 3.05) is 13.6 Å². The van der Waals surface area contributed by atoms with Crippen molar-refractivity contribution >= 4 is 12.0 Å². The molecule has 1 heterocycles. The summed E-state index contributed by atoms with van der Waals surface area (Å²) in [5.41, 5.74) is -0.100. The Kier molecular flexibility index (Phi) is 4.36. The first-order chi connectivity index (χ1) is 8.33. The van der Waals surface area contributed by atoms with Crippen LogP contribution >= 0.6 is 0 Å². The highest BCUT2D eigenvalue weighted by Gasteiger charge is 2.28. The molecular weight excluding hydrogens is 236 g/mol. The summed E-state index contributed by atoms with van der Waals surface area (Å²) in [5, 5.41) is 11.5. The van der Waals surface area contributed by atoms with Crippen LogP contribution in [0.25, 0.3) is 0 Å². The molecule has 6 heteroatoms. The Labute approximate surface area is 106 Å². The molecular formula is C12H18N2O4. The topological polar surface area (TPSA) is 82.8 Å². The van der Waals surface area contributed by atoms with E-state index >= 15 is 0 Å². The number of amides is 2. The lowest BCUT2D eigenvalue weighted by molar-refractivity contribution is -0.146. The Morgan fingerprint density at radius 1 is 1.50 bits per heavy atom. The molecule has 18 heavy (non-hydrogen) atoms. The van der Waals surface area contributed by atoms with Crippen molar-refractivity contribution in [1.29, 1.82) is 0 Å². The van der Waals surface area contributed by atoms with Crippen molar-refractivity contribution in [2.45, 2.75) is 20.4 Å². The summed E-state index contributed by atoms with van der Waals surface area (Å²) in [6.07, 6.45) is 3.10. The van der Waals surface area contributed by atoms with Crippen LogP contribution in [0, 0.1) is 5.41 Å². The van der Waals surface area contributed by atoms with Gasteiger partial charge in [0.2, 0.25) is 0 Å². The SMILES string of the molecule is CN(Cc1ccoc1)C(=O)NCC(C)(C)C(=O)O. The van der Waals surface area contributed by atoms with Crippen molar-refractivity contribution in [3.8, 4) is 0 Å². The molecule has 1 aromatic heterocycles. The normalized spacial score (nSPS) is 11.1. The maximum absolute atomic E-state index is 11.7. The Balaban J connectivity index is 2.43. The molecule has 0 saturated carbocycles. The molecule has 0 atom stereocenters. The number of furan rings is 1. The van der Waals surface area contributed by atoms with Crippen LogP contribution in [0.3, 0.4) is 0 Å². The fraction of sp³-hybridized carbons (Fsp3) is 0.500. The number of carboxylic acid groups (broad SMARTS) is 1. The molecule has 1 aromatic rings. The average molecular weight is 254 g/mol. The van der Waals surface area contributed by atoms with Gasteiger partial charge in [-0.3, -0.25) is 4.79 Å². The van der Waals surface area contributed by atoms with Gasteiger partial charge in [0.15, 0.2) is 0 Å². The van der Waals surface area contributed by atoms with Crippen LogP contribution in [0.4, 0.5) is 4.79 Å². The van der Waals surface area contributed by atoms with Crippen molar-refractivity contribution in [3.05, 3.63) is 24.2 Å². The molecule has 6 nitrogen and oxygen atoms in total. The average Bonchev–Trinajstić information content (AvgIpc) is 2.78. The van der Waals surface area contributed by atoms with Gasteiger partial charge >= 0.3 is 12.0 Å². The van der Waals surface area contributed by atoms with Gasteiger partial charge in [0.25, 0.3) is 0 Å². The molecule has 0 aliphatic carbocycles. The van der Waals surface area contributed by atoms with Crippen LogP contribution in [0.1, 0.15) is 19.4 Å². The number of nitrogens with zero attached hydrogens (tertiary/aromatic N) is 1. The van der Waals surface area contributed by atoms with E-state index in [0.717, 1.165) is 5.56 Å². The van der Waals surface area contributed by atoms with Gasteiger partial charge in [0.1, 0.15) is 0 Å². The highest BCUT2D eigenvalue weighted by Crippen LogP contribution is 2.13. The zero-order chi connectivity index (χ0) is 13.8. The smallest absolute Gasteiger partial charge is 0.317 e. The summed E-state index contributed by atoms with van der Waals surface area (Å²) < 4.78 is 4.90. The minimum absolute atomic E-state index is 0.0803. The number of urea groups is 1. The Morgan fingerprint density at radius 2 is 2.17 bits per heavy atom. The lowest BCUT2D eigenvalue weighted by Crippen LogP contribution is -2.43. The quantitative estimate of drug-likeness (QED) is 0.834. The van der Waals surface area contributed by atoms with Crippen LogP contribution < -0.4 is 5.32 Å². The van der Waals surface area contributed by atoms with Crippen LogP contribution in [0.2, 0.25) is 0 Å². The van der Waals surface area contributed by atoms with E-state index in [-0.39, 0.29) is 12.6 Å². The number of hydrogen-bond donors (Lipinski definition) is 2. The lowest BCUT2D eigenvalue weighted by Gasteiger charge is -2.22. The third kappa shape index (κ3) is 3.80. The summed E-state index contributed by atoms with van der Waals surface area (Å²) in [6, 6.07) is 1.45. The molecule has 0 aromatic carbocycles. The summed E-state index contributed by atoms with van der Waals surface area (Å²) in [6.45, 7) is 3.62. The first-order valence-electron chi connectivity index (χ1n) is 5.56. The van der Waals surface area contributed by atoms with Gasteiger partial charge in [-0.15, -0.1) is 0 Å². The molecule has 0 saturated heterocycles. The van der Waals surface area contributed by atoms with Crippen molar-refractivity contribution in [1.82, 2.24) is 10.2 Å². The van der Waals surface area contributed by atoms with E-state index in [0.29, 0.717) is 6.54 Å². The van der Waals surface area contributed by atoms with Crippen molar-refractivity contribution in [2.24, 2.45) is 5.41 Å². The van der Waals surface area contributed by atoms with Gasteiger partial charge < -0.3 is 19.7 Å². The predicted octanol–water partition coefficient (Wildman–Crippen LogP) is 1.53. The van der Waals surface area contributed by atoms with Crippen molar-refractivity contribution < 1.29 is 19.1 Å². The molecule has 0 radical (unpaired) electrons. The summed E-state index contributed by atoms with van der Waals surface area (Å²) in [7, 11) is 1.64. The monoisotopic (exact) mass is 254 g/mol.